The van der Waals surface area contributed by atoms with Crippen LogP contribution in [0.25, 0.3) is 0 Å². The molecule has 1 aromatic rings. The molecular weight excluding hydrogens is 290 g/mol. The molecule has 0 spiro atoms. The Hall–Kier alpha value is -0.460. The lowest BCUT2D eigenvalue weighted by Gasteiger charge is -2.14. The van der Waals surface area contributed by atoms with Crippen LogP contribution >= 0.6 is 35.1 Å². The van der Waals surface area contributed by atoms with Gasteiger partial charge in [-0.3, -0.25) is 4.79 Å². The molecule has 6 heteroatoms. The van der Waals surface area contributed by atoms with Gasteiger partial charge < -0.3 is 10.8 Å². The fraction of sp³-hybridized carbons (Fsp3) is 0.250. The molecule has 3 N–H and O–H groups in total. The zero-order chi connectivity index (χ0) is 13.7. The van der Waals surface area contributed by atoms with Gasteiger partial charge in [-0.25, -0.2) is 0 Å². The minimum atomic E-state index is -1.30. The van der Waals surface area contributed by atoms with E-state index in [9.17, 15) is 9.90 Å². The van der Waals surface area contributed by atoms with E-state index in [4.69, 9.17) is 17.3 Å². The molecule has 1 aromatic carbocycles. The average molecular weight is 304 g/mol. The second kappa shape index (κ2) is 7.21. The van der Waals surface area contributed by atoms with Crippen molar-refractivity contribution in [2.24, 2.45) is 5.73 Å². The van der Waals surface area contributed by atoms with Crippen molar-refractivity contribution in [2.45, 2.75) is 6.23 Å². The number of aliphatic hydroxyl groups excluding tert-OH is 1. The second-order valence-corrected chi connectivity index (χ2v) is 5.72. The van der Waals surface area contributed by atoms with E-state index >= 15 is 0 Å². The van der Waals surface area contributed by atoms with Gasteiger partial charge in [0.15, 0.2) is 5.78 Å². The van der Waals surface area contributed by atoms with Crippen molar-refractivity contribution in [1.82, 2.24) is 0 Å². The Morgan fingerprint density at radius 3 is 2.44 bits per heavy atom. The summed E-state index contributed by atoms with van der Waals surface area (Å²) in [6, 6.07) is 6.58. The van der Waals surface area contributed by atoms with Crippen LogP contribution in [0.3, 0.4) is 0 Å². The van der Waals surface area contributed by atoms with Crippen LogP contribution in [-0.4, -0.2) is 29.6 Å². The van der Waals surface area contributed by atoms with Gasteiger partial charge in [0.2, 0.25) is 0 Å². The van der Waals surface area contributed by atoms with Crippen molar-refractivity contribution in [1.29, 1.82) is 0 Å². The SMILES string of the molecule is CSC(SC)=C(C(=O)c1cccc(Cl)c1)[C@@H](N)O. The molecule has 0 aliphatic rings. The maximum atomic E-state index is 12.3. The largest absolute Gasteiger partial charge is 0.374 e. The van der Waals surface area contributed by atoms with E-state index in [1.807, 2.05) is 12.5 Å². The molecule has 0 heterocycles. The molecule has 18 heavy (non-hydrogen) atoms. The first-order valence-corrected chi connectivity index (χ1v) is 7.90. The lowest BCUT2D eigenvalue weighted by Crippen LogP contribution is -2.27. The summed E-state index contributed by atoms with van der Waals surface area (Å²) in [5.41, 5.74) is 6.11. The number of carbonyl (C=O) groups excluding carboxylic acids is 1. The van der Waals surface area contributed by atoms with E-state index in [1.165, 1.54) is 23.5 Å². The van der Waals surface area contributed by atoms with Gasteiger partial charge >= 0.3 is 0 Å². The minimum absolute atomic E-state index is 0.206. The maximum absolute atomic E-state index is 12.3. The van der Waals surface area contributed by atoms with Crippen molar-refractivity contribution in [2.75, 3.05) is 12.5 Å². The predicted molar refractivity (Wildman–Crippen MR) is 80.0 cm³/mol. The average Bonchev–Trinajstić information content (AvgIpc) is 2.34. The molecule has 1 atom stereocenters. The van der Waals surface area contributed by atoms with Crippen LogP contribution < -0.4 is 5.73 Å². The summed E-state index contributed by atoms with van der Waals surface area (Å²) in [5.74, 6) is -0.300. The lowest BCUT2D eigenvalue weighted by atomic mass is 10.0. The zero-order valence-electron chi connectivity index (χ0n) is 10.0. The smallest absolute Gasteiger partial charge is 0.194 e. The first kappa shape index (κ1) is 15.6. The molecule has 0 amide bonds. The van der Waals surface area contributed by atoms with E-state index < -0.39 is 6.23 Å². The van der Waals surface area contributed by atoms with Crippen molar-refractivity contribution in [3.05, 3.63) is 44.7 Å². The Kier molecular flexibility index (Phi) is 6.25. The molecule has 0 fully saturated rings. The third-order valence-electron chi connectivity index (χ3n) is 2.22. The van der Waals surface area contributed by atoms with E-state index in [0.29, 0.717) is 14.8 Å². The van der Waals surface area contributed by atoms with E-state index in [2.05, 4.69) is 0 Å². The van der Waals surface area contributed by atoms with Crippen LogP contribution in [0, 0.1) is 0 Å². The highest BCUT2D eigenvalue weighted by molar-refractivity contribution is 8.21. The standard InChI is InChI=1S/C12H14ClNO2S2/c1-17-12(18-2)9(11(14)16)10(15)7-4-3-5-8(13)6-7/h3-6,11,16H,14H2,1-2H3/t11-/m0/s1. The van der Waals surface area contributed by atoms with E-state index in [-0.39, 0.29) is 11.4 Å². The van der Waals surface area contributed by atoms with Crippen LogP contribution in [0.15, 0.2) is 34.1 Å². The van der Waals surface area contributed by atoms with Gasteiger partial charge in [-0.05, 0) is 24.6 Å². The Balaban J connectivity index is 3.24. The van der Waals surface area contributed by atoms with Gasteiger partial charge in [-0.1, -0.05) is 23.7 Å². The summed E-state index contributed by atoms with van der Waals surface area (Å²) in [4.78, 5) is 12.3. The molecular formula is C12H14ClNO2S2. The number of aliphatic hydroxyl groups is 1. The van der Waals surface area contributed by atoms with E-state index in [1.54, 1.807) is 24.3 Å². The maximum Gasteiger partial charge on any atom is 0.194 e. The first-order valence-electron chi connectivity index (χ1n) is 5.07. The van der Waals surface area contributed by atoms with Gasteiger partial charge in [-0.2, -0.15) is 0 Å². The van der Waals surface area contributed by atoms with Crippen molar-refractivity contribution in [3.8, 4) is 0 Å². The van der Waals surface area contributed by atoms with Crippen molar-refractivity contribution < 1.29 is 9.90 Å². The van der Waals surface area contributed by atoms with Gasteiger partial charge in [0.25, 0.3) is 0 Å². The number of hydrogen-bond donors (Lipinski definition) is 2. The fourth-order valence-electron chi connectivity index (χ4n) is 1.44. The summed E-state index contributed by atoms with van der Waals surface area (Å²) < 4.78 is 0.704. The molecule has 0 saturated heterocycles. The number of ketones is 1. The summed E-state index contributed by atoms with van der Waals surface area (Å²) in [7, 11) is 0. The monoisotopic (exact) mass is 303 g/mol. The molecule has 0 saturated carbocycles. The third-order valence-corrected chi connectivity index (χ3v) is 4.63. The number of Topliss-reactive ketones (excluding diaryl/α,β-unsaturated/α-hetero) is 1. The fourth-order valence-corrected chi connectivity index (χ4v) is 3.16. The van der Waals surface area contributed by atoms with Crippen LogP contribution in [0.4, 0.5) is 0 Å². The minimum Gasteiger partial charge on any atom is -0.374 e. The highest BCUT2D eigenvalue weighted by atomic mass is 35.5. The lowest BCUT2D eigenvalue weighted by molar-refractivity contribution is 0.0990. The molecule has 0 radical (unpaired) electrons. The molecule has 98 valence electrons. The van der Waals surface area contributed by atoms with Crippen LogP contribution in [0.2, 0.25) is 5.02 Å². The number of hydrogen-bond acceptors (Lipinski definition) is 5. The summed E-state index contributed by atoms with van der Waals surface area (Å²) in [5, 5.41) is 10.1. The number of rotatable bonds is 5. The number of benzene rings is 1. The molecule has 0 aliphatic carbocycles. The van der Waals surface area contributed by atoms with Crippen LogP contribution in [0.1, 0.15) is 10.4 Å². The van der Waals surface area contributed by atoms with Gasteiger partial charge in [0.05, 0.1) is 9.81 Å². The Bertz CT molecular complexity index is 469. The van der Waals surface area contributed by atoms with Gasteiger partial charge in [0, 0.05) is 10.6 Å². The molecule has 0 aromatic heterocycles. The Labute approximate surface area is 120 Å². The predicted octanol–water partition coefficient (Wildman–Crippen LogP) is 2.74. The number of thioether (sulfide) groups is 2. The highest BCUT2D eigenvalue weighted by Crippen LogP contribution is 2.30. The summed E-state index contributed by atoms with van der Waals surface area (Å²) in [6.07, 6.45) is 2.37. The Morgan fingerprint density at radius 1 is 1.39 bits per heavy atom. The van der Waals surface area contributed by atoms with Crippen LogP contribution in [-0.2, 0) is 0 Å². The van der Waals surface area contributed by atoms with Gasteiger partial charge in [-0.15, -0.1) is 23.5 Å². The highest BCUT2D eigenvalue weighted by Gasteiger charge is 2.21. The molecule has 3 nitrogen and oxygen atoms in total. The Morgan fingerprint density at radius 2 is 2.00 bits per heavy atom. The summed E-state index contributed by atoms with van der Waals surface area (Å²) >= 11 is 8.61. The van der Waals surface area contributed by atoms with Crippen molar-refractivity contribution >= 4 is 40.9 Å². The quantitative estimate of drug-likeness (QED) is 0.497. The summed E-state index contributed by atoms with van der Waals surface area (Å²) in [6.45, 7) is 0. The molecule has 0 unspecified atom stereocenters. The zero-order valence-corrected chi connectivity index (χ0v) is 12.4. The number of nitrogens with two attached hydrogens (primary N) is 1. The molecule has 0 bridgehead atoms. The molecule has 0 aliphatic heterocycles. The second-order valence-electron chi connectivity index (χ2n) is 3.39. The molecule has 1 rings (SSSR count). The topological polar surface area (TPSA) is 63.3 Å². The number of halogens is 1. The van der Waals surface area contributed by atoms with Crippen LogP contribution in [0.5, 0.6) is 0 Å². The van der Waals surface area contributed by atoms with Gasteiger partial charge in [0.1, 0.15) is 6.23 Å². The third kappa shape index (κ3) is 3.76. The number of carbonyl (C=O) groups is 1. The van der Waals surface area contributed by atoms with Crippen molar-refractivity contribution in [3.63, 3.8) is 0 Å². The normalized spacial score (nSPS) is 12.1. The van der Waals surface area contributed by atoms with E-state index in [0.717, 1.165) is 0 Å². The first-order chi connectivity index (χ1) is 8.51.